The molecule has 0 fully saturated rings. The molecule has 0 bridgehead atoms. The lowest BCUT2D eigenvalue weighted by Crippen LogP contribution is -2.39. The number of hydrogen-bond donors (Lipinski definition) is 2. The Morgan fingerprint density at radius 3 is 2.79 bits per heavy atom. The van der Waals surface area contributed by atoms with Crippen LogP contribution in [0.1, 0.15) is 53.5 Å². The fourth-order valence-electron chi connectivity index (χ4n) is 3.34. The zero-order valence-corrected chi connectivity index (χ0v) is 14.2. The Balaban J connectivity index is 1.87. The number of carbonyl (C=O) groups is 1. The minimum Gasteiger partial charge on any atom is -0.396 e. The summed E-state index contributed by atoms with van der Waals surface area (Å²) in [6.07, 6.45) is 4.71. The molecule has 0 aliphatic heterocycles. The van der Waals surface area contributed by atoms with Crippen LogP contribution >= 0.6 is 0 Å². The molecule has 0 radical (unpaired) electrons. The summed E-state index contributed by atoms with van der Waals surface area (Å²) in [7, 11) is 0. The predicted molar refractivity (Wildman–Crippen MR) is 92.7 cm³/mol. The molecule has 0 spiro atoms. The molecule has 128 valence electrons. The molecule has 0 saturated carbocycles. The maximum absolute atomic E-state index is 13.2. The second-order valence-electron chi connectivity index (χ2n) is 6.52. The summed E-state index contributed by atoms with van der Waals surface area (Å²) < 4.78 is 0. The standard InChI is InChI=1S/C19H25N3O2/c1-14(11-12-23)22(13-15-7-3-2-4-8-15)19(24)18-16-9-5-6-10-17(16)20-21-18/h2-4,7-8,14,23H,5-6,9-13H2,1H3,(H,20,21). The van der Waals surface area contributed by atoms with Gasteiger partial charge in [0.2, 0.25) is 0 Å². The van der Waals surface area contributed by atoms with Gasteiger partial charge in [-0.25, -0.2) is 0 Å². The van der Waals surface area contributed by atoms with E-state index in [4.69, 9.17) is 0 Å². The van der Waals surface area contributed by atoms with E-state index in [1.165, 1.54) is 0 Å². The summed E-state index contributed by atoms with van der Waals surface area (Å²) in [5, 5.41) is 16.7. The monoisotopic (exact) mass is 327 g/mol. The fourth-order valence-corrected chi connectivity index (χ4v) is 3.34. The molecule has 1 atom stereocenters. The van der Waals surface area contributed by atoms with E-state index in [2.05, 4.69) is 10.2 Å². The van der Waals surface area contributed by atoms with Gasteiger partial charge in [0.25, 0.3) is 5.91 Å². The van der Waals surface area contributed by atoms with E-state index >= 15 is 0 Å². The number of aromatic amines is 1. The molecule has 1 aromatic carbocycles. The molecular weight excluding hydrogens is 302 g/mol. The second-order valence-corrected chi connectivity index (χ2v) is 6.52. The Kier molecular flexibility index (Phi) is 5.30. The molecule has 3 rings (SSSR count). The molecule has 2 N–H and O–H groups in total. The van der Waals surface area contributed by atoms with Crippen LogP contribution in [0.2, 0.25) is 0 Å². The summed E-state index contributed by atoms with van der Waals surface area (Å²) >= 11 is 0. The molecular formula is C19H25N3O2. The number of aliphatic hydroxyl groups is 1. The number of nitrogens with zero attached hydrogens (tertiary/aromatic N) is 2. The zero-order valence-electron chi connectivity index (χ0n) is 14.2. The number of fused-ring (bicyclic) bond motifs is 1. The third-order valence-electron chi connectivity index (χ3n) is 4.79. The number of aromatic nitrogens is 2. The van der Waals surface area contributed by atoms with Gasteiger partial charge in [0, 0.05) is 30.5 Å². The zero-order chi connectivity index (χ0) is 16.9. The van der Waals surface area contributed by atoms with Crippen molar-refractivity contribution in [3.8, 4) is 0 Å². The SMILES string of the molecule is CC(CCO)N(Cc1ccccc1)C(=O)c1n[nH]c2c1CCCC2. The summed E-state index contributed by atoms with van der Waals surface area (Å²) in [6.45, 7) is 2.58. The third-order valence-corrected chi connectivity index (χ3v) is 4.79. The van der Waals surface area contributed by atoms with Gasteiger partial charge in [0.05, 0.1) is 0 Å². The molecule has 1 aliphatic rings. The number of rotatable bonds is 6. The van der Waals surface area contributed by atoms with Crippen LogP contribution < -0.4 is 0 Å². The molecule has 1 amide bonds. The fraction of sp³-hybridized carbons (Fsp3) is 0.474. The van der Waals surface area contributed by atoms with Crippen LogP contribution in [-0.2, 0) is 19.4 Å². The lowest BCUT2D eigenvalue weighted by atomic mass is 9.95. The van der Waals surface area contributed by atoms with Gasteiger partial charge in [-0.05, 0) is 44.6 Å². The highest BCUT2D eigenvalue weighted by atomic mass is 16.3. The van der Waals surface area contributed by atoms with Gasteiger partial charge in [-0.3, -0.25) is 9.89 Å². The average Bonchev–Trinajstić information content (AvgIpc) is 3.04. The summed E-state index contributed by atoms with van der Waals surface area (Å²) in [5.41, 5.74) is 3.84. The largest absolute Gasteiger partial charge is 0.396 e. The van der Waals surface area contributed by atoms with Crippen molar-refractivity contribution in [1.29, 1.82) is 0 Å². The molecule has 1 heterocycles. The highest BCUT2D eigenvalue weighted by molar-refractivity contribution is 5.94. The first-order valence-electron chi connectivity index (χ1n) is 8.72. The van der Waals surface area contributed by atoms with Gasteiger partial charge >= 0.3 is 0 Å². The van der Waals surface area contributed by atoms with Gasteiger partial charge in [0.15, 0.2) is 5.69 Å². The first-order valence-corrected chi connectivity index (χ1v) is 8.72. The van der Waals surface area contributed by atoms with E-state index < -0.39 is 0 Å². The van der Waals surface area contributed by atoms with Crippen LogP contribution in [0.15, 0.2) is 30.3 Å². The summed E-state index contributed by atoms with van der Waals surface area (Å²) in [5.74, 6) is -0.0424. The third kappa shape index (κ3) is 3.51. The van der Waals surface area contributed by atoms with Crippen molar-refractivity contribution >= 4 is 5.91 Å². The number of nitrogens with one attached hydrogen (secondary N) is 1. The minimum absolute atomic E-state index is 0.0424. The van der Waals surface area contributed by atoms with Crippen molar-refractivity contribution in [2.45, 2.75) is 51.6 Å². The van der Waals surface area contributed by atoms with Gasteiger partial charge in [-0.2, -0.15) is 5.10 Å². The Bertz CT molecular complexity index is 681. The number of aliphatic hydroxyl groups excluding tert-OH is 1. The highest BCUT2D eigenvalue weighted by Gasteiger charge is 2.28. The number of benzene rings is 1. The van der Waals surface area contributed by atoms with Gasteiger partial charge < -0.3 is 10.0 Å². The van der Waals surface area contributed by atoms with Crippen molar-refractivity contribution in [3.63, 3.8) is 0 Å². The molecule has 1 aromatic heterocycles. The lowest BCUT2D eigenvalue weighted by molar-refractivity contribution is 0.0641. The summed E-state index contributed by atoms with van der Waals surface area (Å²) in [4.78, 5) is 15.0. The molecule has 1 aliphatic carbocycles. The molecule has 0 saturated heterocycles. The maximum Gasteiger partial charge on any atom is 0.275 e. The first kappa shape index (κ1) is 16.7. The van der Waals surface area contributed by atoms with Gasteiger partial charge in [0.1, 0.15) is 0 Å². The Morgan fingerprint density at radius 2 is 2.04 bits per heavy atom. The van der Waals surface area contributed by atoms with E-state index in [1.807, 2.05) is 42.2 Å². The van der Waals surface area contributed by atoms with E-state index in [0.29, 0.717) is 18.7 Å². The topological polar surface area (TPSA) is 69.2 Å². The van der Waals surface area contributed by atoms with Crippen LogP contribution in [0.4, 0.5) is 0 Å². The molecule has 5 heteroatoms. The maximum atomic E-state index is 13.2. The number of carbonyl (C=O) groups excluding carboxylic acids is 1. The van der Waals surface area contributed by atoms with Crippen LogP contribution in [0.25, 0.3) is 0 Å². The number of aryl methyl sites for hydroxylation is 1. The first-order chi connectivity index (χ1) is 11.7. The Labute approximate surface area is 142 Å². The van der Waals surface area contributed by atoms with Crippen molar-refractivity contribution in [3.05, 3.63) is 52.8 Å². The molecule has 1 unspecified atom stereocenters. The molecule has 24 heavy (non-hydrogen) atoms. The van der Waals surface area contributed by atoms with Crippen LogP contribution in [0, 0.1) is 0 Å². The van der Waals surface area contributed by atoms with Crippen molar-refractivity contribution in [2.75, 3.05) is 6.61 Å². The predicted octanol–water partition coefficient (Wildman–Crippen LogP) is 2.70. The normalized spacial score (nSPS) is 14.9. The molecule has 5 nitrogen and oxygen atoms in total. The van der Waals surface area contributed by atoms with E-state index in [9.17, 15) is 9.90 Å². The van der Waals surface area contributed by atoms with Crippen molar-refractivity contribution < 1.29 is 9.90 Å². The van der Waals surface area contributed by atoms with Gasteiger partial charge in [-0.15, -0.1) is 0 Å². The second kappa shape index (κ2) is 7.62. The molecule has 2 aromatic rings. The average molecular weight is 327 g/mol. The van der Waals surface area contributed by atoms with Crippen molar-refractivity contribution in [1.82, 2.24) is 15.1 Å². The van der Waals surface area contributed by atoms with Gasteiger partial charge in [-0.1, -0.05) is 30.3 Å². The quantitative estimate of drug-likeness (QED) is 0.857. The van der Waals surface area contributed by atoms with Crippen molar-refractivity contribution in [2.24, 2.45) is 0 Å². The van der Waals surface area contributed by atoms with Crippen LogP contribution in [0.5, 0.6) is 0 Å². The highest BCUT2D eigenvalue weighted by Crippen LogP contribution is 2.24. The smallest absolute Gasteiger partial charge is 0.275 e. The number of amides is 1. The Morgan fingerprint density at radius 1 is 1.29 bits per heavy atom. The number of H-pyrrole nitrogens is 1. The minimum atomic E-state index is -0.0429. The Hall–Kier alpha value is -2.14. The van der Waals surface area contributed by atoms with E-state index in [0.717, 1.165) is 42.5 Å². The van der Waals surface area contributed by atoms with Crippen LogP contribution in [-0.4, -0.2) is 38.8 Å². The van der Waals surface area contributed by atoms with Crippen LogP contribution in [0.3, 0.4) is 0 Å². The van der Waals surface area contributed by atoms with E-state index in [-0.39, 0.29) is 18.6 Å². The van der Waals surface area contributed by atoms with E-state index in [1.54, 1.807) is 0 Å². The lowest BCUT2D eigenvalue weighted by Gasteiger charge is -2.29. The summed E-state index contributed by atoms with van der Waals surface area (Å²) in [6, 6.07) is 9.92. The number of hydrogen-bond acceptors (Lipinski definition) is 3.